The third kappa shape index (κ3) is 4.81. The second-order valence-electron chi connectivity index (χ2n) is 8.66. The molecule has 5 rings (SSSR count). The Labute approximate surface area is 220 Å². The SMILES string of the molecule is COc1ccccc1C=C1Sc2ccc(C(=O)N3CCN(c4cccc(Cl)c4)CC3)cc2N(C)C1=O. The standard InChI is InChI=1S/C28H26ClN3O3S/c1-30-23-16-20(27(33)32-14-12-31(13-15-32)22-8-5-7-21(29)18-22)10-11-25(23)36-26(28(30)34)17-19-6-3-4-9-24(19)35-2/h3-11,16-18H,12-15H2,1-2H3. The number of hydrogen-bond donors (Lipinski definition) is 0. The number of nitrogens with zero attached hydrogens (tertiary/aromatic N) is 3. The van der Waals surface area contributed by atoms with Crippen molar-refractivity contribution in [1.29, 1.82) is 0 Å². The van der Waals surface area contributed by atoms with Crippen LogP contribution in [-0.4, -0.2) is 57.1 Å². The van der Waals surface area contributed by atoms with E-state index in [2.05, 4.69) is 4.90 Å². The van der Waals surface area contributed by atoms with E-state index in [0.29, 0.717) is 34.3 Å². The van der Waals surface area contributed by atoms with Crippen LogP contribution in [0.5, 0.6) is 5.75 Å². The van der Waals surface area contributed by atoms with Gasteiger partial charge in [0.05, 0.1) is 17.7 Å². The third-order valence-electron chi connectivity index (χ3n) is 6.47. The highest BCUT2D eigenvalue weighted by Crippen LogP contribution is 2.42. The summed E-state index contributed by atoms with van der Waals surface area (Å²) in [5, 5.41) is 0.706. The molecule has 2 aliphatic heterocycles. The maximum Gasteiger partial charge on any atom is 0.264 e. The highest BCUT2D eigenvalue weighted by atomic mass is 35.5. The molecule has 2 amide bonds. The van der Waals surface area contributed by atoms with Gasteiger partial charge < -0.3 is 19.4 Å². The zero-order valence-electron chi connectivity index (χ0n) is 20.1. The van der Waals surface area contributed by atoms with E-state index in [0.717, 1.165) is 34.9 Å². The molecule has 6 nitrogen and oxygen atoms in total. The summed E-state index contributed by atoms with van der Waals surface area (Å²) in [4.78, 5) is 33.7. The molecule has 0 bridgehead atoms. The van der Waals surface area contributed by atoms with Crippen molar-refractivity contribution in [2.24, 2.45) is 0 Å². The van der Waals surface area contributed by atoms with E-state index in [1.165, 1.54) is 11.8 Å². The topological polar surface area (TPSA) is 53.1 Å². The maximum atomic E-state index is 13.3. The number of fused-ring (bicyclic) bond motifs is 1. The number of halogens is 1. The summed E-state index contributed by atoms with van der Waals surface area (Å²) < 4.78 is 5.43. The molecule has 1 saturated heterocycles. The number of thioether (sulfide) groups is 1. The first-order chi connectivity index (χ1) is 17.4. The van der Waals surface area contributed by atoms with Crippen molar-refractivity contribution in [3.63, 3.8) is 0 Å². The fourth-order valence-electron chi connectivity index (χ4n) is 4.48. The molecule has 1 fully saturated rings. The minimum Gasteiger partial charge on any atom is -0.496 e. The second-order valence-corrected chi connectivity index (χ2v) is 10.2. The number of ether oxygens (including phenoxy) is 1. The lowest BCUT2D eigenvalue weighted by Crippen LogP contribution is -2.48. The van der Waals surface area contributed by atoms with E-state index < -0.39 is 0 Å². The fraction of sp³-hybridized carbons (Fsp3) is 0.214. The molecule has 0 atom stereocenters. The van der Waals surface area contributed by atoms with Crippen LogP contribution in [-0.2, 0) is 4.79 Å². The van der Waals surface area contributed by atoms with Crippen molar-refractivity contribution in [2.75, 3.05) is 50.1 Å². The normalized spacial score (nSPS) is 16.8. The molecule has 184 valence electrons. The number of anilines is 2. The van der Waals surface area contributed by atoms with Gasteiger partial charge >= 0.3 is 0 Å². The lowest BCUT2D eigenvalue weighted by Gasteiger charge is -2.36. The molecule has 0 unspecified atom stereocenters. The van der Waals surface area contributed by atoms with Crippen LogP contribution in [0.3, 0.4) is 0 Å². The monoisotopic (exact) mass is 519 g/mol. The molecule has 2 aliphatic rings. The summed E-state index contributed by atoms with van der Waals surface area (Å²) in [7, 11) is 3.36. The van der Waals surface area contributed by atoms with Gasteiger partial charge in [-0.05, 0) is 48.5 Å². The largest absolute Gasteiger partial charge is 0.496 e. The van der Waals surface area contributed by atoms with Crippen LogP contribution >= 0.6 is 23.4 Å². The van der Waals surface area contributed by atoms with E-state index in [-0.39, 0.29) is 11.8 Å². The zero-order chi connectivity index (χ0) is 25.2. The van der Waals surface area contributed by atoms with Gasteiger partial charge in [-0.3, -0.25) is 9.59 Å². The molecule has 0 spiro atoms. The highest BCUT2D eigenvalue weighted by molar-refractivity contribution is 8.04. The summed E-state index contributed by atoms with van der Waals surface area (Å²) in [6, 6.07) is 21.0. The first-order valence-corrected chi connectivity index (χ1v) is 12.9. The van der Waals surface area contributed by atoms with Crippen LogP contribution in [0.4, 0.5) is 11.4 Å². The number of para-hydroxylation sites is 1. The molecular weight excluding hydrogens is 494 g/mol. The molecule has 3 aromatic carbocycles. The van der Waals surface area contributed by atoms with Gasteiger partial charge in [0.1, 0.15) is 5.75 Å². The summed E-state index contributed by atoms with van der Waals surface area (Å²) in [6.07, 6.45) is 1.85. The minimum absolute atomic E-state index is 0.0234. The third-order valence-corrected chi connectivity index (χ3v) is 7.78. The summed E-state index contributed by atoms with van der Waals surface area (Å²) in [5.41, 5.74) is 3.24. The van der Waals surface area contributed by atoms with Crippen LogP contribution in [0.25, 0.3) is 6.08 Å². The average molecular weight is 520 g/mol. The average Bonchev–Trinajstić information content (AvgIpc) is 2.91. The van der Waals surface area contributed by atoms with Gasteiger partial charge in [-0.2, -0.15) is 0 Å². The van der Waals surface area contributed by atoms with Crippen molar-refractivity contribution < 1.29 is 14.3 Å². The number of rotatable bonds is 4. The lowest BCUT2D eigenvalue weighted by molar-refractivity contribution is -0.114. The molecular formula is C28H26ClN3O3S. The molecule has 0 saturated carbocycles. The molecule has 0 radical (unpaired) electrons. The van der Waals surface area contributed by atoms with Gasteiger partial charge in [0.15, 0.2) is 0 Å². The van der Waals surface area contributed by atoms with Crippen molar-refractivity contribution >= 4 is 52.6 Å². The number of methoxy groups -OCH3 is 1. The Morgan fingerprint density at radius 2 is 1.78 bits per heavy atom. The van der Waals surface area contributed by atoms with Gasteiger partial charge in [-0.15, -0.1) is 0 Å². The highest BCUT2D eigenvalue weighted by Gasteiger charge is 2.29. The number of likely N-dealkylation sites (N-methyl/N-ethyl adjacent to an activating group) is 1. The Kier molecular flexibility index (Phi) is 6.94. The summed E-state index contributed by atoms with van der Waals surface area (Å²) in [6.45, 7) is 2.72. The fourth-order valence-corrected chi connectivity index (χ4v) is 5.74. The number of amides is 2. The van der Waals surface area contributed by atoms with E-state index in [1.54, 1.807) is 19.1 Å². The summed E-state index contributed by atoms with van der Waals surface area (Å²) >= 11 is 7.55. The van der Waals surface area contributed by atoms with Crippen molar-refractivity contribution in [1.82, 2.24) is 4.90 Å². The Morgan fingerprint density at radius 1 is 1.00 bits per heavy atom. The Morgan fingerprint density at radius 3 is 2.53 bits per heavy atom. The second kappa shape index (κ2) is 10.3. The minimum atomic E-state index is -0.113. The first kappa shape index (κ1) is 24.3. The number of carbonyl (C=O) groups is 2. The zero-order valence-corrected chi connectivity index (χ0v) is 21.7. The number of benzene rings is 3. The molecule has 0 N–H and O–H groups in total. The quantitative estimate of drug-likeness (QED) is 0.431. The van der Waals surface area contributed by atoms with Crippen LogP contribution in [0.2, 0.25) is 5.02 Å². The predicted octanol–water partition coefficient (Wildman–Crippen LogP) is 5.42. The van der Waals surface area contributed by atoms with E-state index in [4.69, 9.17) is 16.3 Å². The predicted molar refractivity (Wildman–Crippen MR) is 146 cm³/mol. The molecule has 8 heteroatoms. The van der Waals surface area contributed by atoms with Crippen molar-refractivity contribution in [3.8, 4) is 5.75 Å². The number of carbonyl (C=O) groups excluding carboxylic acids is 2. The molecule has 36 heavy (non-hydrogen) atoms. The van der Waals surface area contributed by atoms with Gasteiger partial charge in [-0.1, -0.05) is 47.6 Å². The van der Waals surface area contributed by atoms with Crippen LogP contribution in [0.1, 0.15) is 15.9 Å². The smallest absolute Gasteiger partial charge is 0.264 e. The number of hydrogen-bond acceptors (Lipinski definition) is 5. The van der Waals surface area contributed by atoms with E-state index >= 15 is 0 Å². The molecule has 0 aromatic heterocycles. The Balaban J connectivity index is 1.32. The first-order valence-electron chi connectivity index (χ1n) is 11.7. The van der Waals surface area contributed by atoms with Gasteiger partial charge in [0.2, 0.25) is 0 Å². The maximum absolute atomic E-state index is 13.3. The van der Waals surface area contributed by atoms with Gasteiger partial charge in [0, 0.05) is 60.0 Å². The Hall–Kier alpha value is -3.42. The van der Waals surface area contributed by atoms with Crippen LogP contribution in [0.15, 0.2) is 76.5 Å². The van der Waals surface area contributed by atoms with E-state index in [1.807, 2.05) is 77.7 Å². The van der Waals surface area contributed by atoms with Gasteiger partial charge in [-0.25, -0.2) is 0 Å². The van der Waals surface area contributed by atoms with Gasteiger partial charge in [0.25, 0.3) is 11.8 Å². The van der Waals surface area contributed by atoms with Crippen molar-refractivity contribution in [2.45, 2.75) is 4.90 Å². The van der Waals surface area contributed by atoms with Crippen LogP contribution < -0.4 is 14.5 Å². The molecule has 0 aliphatic carbocycles. The van der Waals surface area contributed by atoms with Crippen LogP contribution in [0, 0.1) is 0 Å². The molecule has 3 aromatic rings. The Bertz CT molecular complexity index is 1350. The van der Waals surface area contributed by atoms with Crippen molar-refractivity contribution in [3.05, 3.63) is 87.8 Å². The van der Waals surface area contributed by atoms with E-state index in [9.17, 15) is 9.59 Å². The molecule has 2 heterocycles. The number of piperazine rings is 1. The summed E-state index contributed by atoms with van der Waals surface area (Å²) in [5.74, 6) is 0.575. The lowest BCUT2D eigenvalue weighted by atomic mass is 10.1.